The number of carbonyl (C=O) groups excluding carboxylic acids is 1. The van der Waals surface area contributed by atoms with Gasteiger partial charge in [0, 0.05) is 18.6 Å². The highest BCUT2D eigenvalue weighted by Crippen LogP contribution is 2.12. The molecule has 0 heterocycles. The van der Waals surface area contributed by atoms with Crippen molar-refractivity contribution in [1.82, 2.24) is 10.2 Å². The normalized spacial score (nSPS) is 11.7. The third-order valence-electron chi connectivity index (χ3n) is 3.52. The highest BCUT2D eigenvalue weighted by atomic mass is 16.2. The van der Waals surface area contributed by atoms with Crippen molar-refractivity contribution in [3.05, 3.63) is 35.9 Å². The molecule has 0 saturated carbocycles. The van der Waals surface area contributed by atoms with Gasteiger partial charge in [0.2, 0.25) is 5.91 Å². The van der Waals surface area contributed by atoms with E-state index in [1.165, 1.54) is 0 Å². The van der Waals surface area contributed by atoms with Crippen LogP contribution in [0, 0.1) is 0 Å². The molecule has 0 aliphatic heterocycles. The van der Waals surface area contributed by atoms with E-state index in [1.807, 2.05) is 30.3 Å². The average molecular weight is 277 g/mol. The fourth-order valence-corrected chi connectivity index (χ4v) is 2.02. The Morgan fingerprint density at radius 1 is 1.30 bits per heavy atom. The van der Waals surface area contributed by atoms with Crippen molar-refractivity contribution in [2.24, 2.45) is 5.73 Å². The number of rotatable bonds is 8. The van der Waals surface area contributed by atoms with E-state index in [2.05, 4.69) is 31.0 Å². The van der Waals surface area contributed by atoms with Crippen LogP contribution in [-0.4, -0.2) is 36.0 Å². The van der Waals surface area contributed by atoms with Crippen LogP contribution < -0.4 is 11.1 Å². The molecule has 0 fully saturated rings. The van der Waals surface area contributed by atoms with E-state index in [4.69, 9.17) is 5.73 Å². The fraction of sp³-hybridized carbons (Fsp3) is 0.562. The third kappa shape index (κ3) is 5.31. The van der Waals surface area contributed by atoms with Gasteiger partial charge in [-0.1, -0.05) is 37.3 Å². The molecule has 0 radical (unpaired) electrons. The molecule has 0 spiro atoms. The predicted octanol–water partition coefficient (Wildman–Crippen LogP) is 1.75. The summed E-state index contributed by atoms with van der Waals surface area (Å²) in [5.74, 6) is 0.0452. The molecular formula is C16H27N3O. The van der Waals surface area contributed by atoms with Gasteiger partial charge in [-0.15, -0.1) is 0 Å². The maximum Gasteiger partial charge on any atom is 0.234 e. The summed E-state index contributed by atoms with van der Waals surface area (Å²) in [5, 5.41) is 2.96. The summed E-state index contributed by atoms with van der Waals surface area (Å²) in [6, 6.07) is 9.94. The summed E-state index contributed by atoms with van der Waals surface area (Å²) in [6.07, 6.45) is 1.01. The minimum Gasteiger partial charge on any atom is -0.351 e. The first-order valence-electron chi connectivity index (χ1n) is 7.25. The topological polar surface area (TPSA) is 58.4 Å². The van der Waals surface area contributed by atoms with E-state index in [-0.39, 0.29) is 11.4 Å². The zero-order valence-corrected chi connectivity index (χ0v) is 12.9. The average Bonchev–Trinajstić information content (AvgIpc) is 2.46. The molecule has 3 N–H and O–H groups in total. The van der Waals surface area contributed by atoms with E-state index in [0.717, 1.165) is 18.5 Å². The summed E-state index contributed by atoms with van der Waals surface area (Å²) >= 11 is 0. The summed E-state index contributed by atoms with van der Waals surface area (Å²) in [7, 11) is 0. The van der Waals surface area contributed by atoms with Crippen molar-refractivity contribution in [2.45, 2.75) is 39.3 Å². The molecule has 0 aliphatic carbocycles. The number of hydrogen-bond donors (Lipinski definition) is 2. The van der Waals surface area contributed by atoms with E-state index in [1.54, 1.807) is 0 Å². The first-order chi connectivity index (χ1) is 9.49. The van der Waals surface area contributed by atoms with Gasteiger partial charge in [0.25, 0.3) is 0 Å². The molecule has 4 nitrogen and oxygen atoms in total. The number of benzene rings is 1. The molecule has 1 aromatic carbocycles. The molecule has 0 bridgehead atoms. The third-order valence-corrected chi connectivity index (χ3v) is 3.52. The van der Waals surface area contributed by atoms with Crippen LogP contribution in [-0.2, 0) is 11.3 Å². The second-order valence-corrected chi connectivity index (χ2v) is 5.70. The standard InChI is InChI=1S/C16H27N3O/c1-4-10-19(16(2,3)13-17)12-15(20)18-11-14-8-6-5-7-9-14/h5-9H,4,10-13,17H2,1-3H3,(H,18,20). The van der Waals surface area contributed by atoms with Crippen LogP contribution in [0.5, 0.6) is 0 Å². The van der Waals surface area contributed by atoms with E-state index >= 15 is 0 Å². The van der Waals surface area contributed by atoms with Gasteiger partial charge in [0.05, 0.1) is 6.54 Å². The summed E-state index contributed by atoms with van der Waals surface area (Å²) in [6.45, 7) is 8.65. The maximum absolute atomic E-state index is 12.1. The fourth-order valence-electron chi connectivity index (χ4n) is 2.02. The minimum absolute atomic E-state index is 0.0452. The van der Waals surface area contributed by atoms with Crippen molar-refractivity contribution < 1.29 is 4.79 Å². The second-order valence-electron chi connectivity index (χ2n) is 5.70. The van der Waals surface area contributed by atoms with Crippen molar-refractivity contribution in [3.8, 4) is 0 Å². The van der Waals surface area contributed by atoms with Gasteiger partial charge in [0.15, 0.2) is 0 Å². The number of hydrogen-bond acceptors (Lipinski definition) is 3. The smallest absolute Gasteiger partial charge is 0.234 e. The van der Waals surface area contributed by atoms with Crippen LogP contribution in [0.4, 0.5) is 0 Å². The Bertz CT molecular complexity index is 403. The molecule has 112 valence electrons. The van der Waals surface area contributed by atoms with Crippen LogP contribution in [0.1, 0.15) is 32.8 Å². The van der Waals surface area contributed by atoms with Crippen molar-refractivity contribution >= 4 is 5.91 Å². The highest BCUT2D eigenvalue weighted by molar-refractivity contribution is 5.78. The van der Waals surface area contributed by atoms with Gasteiger partial charge < -0.3 is 11.1 Å². The lowest BCUT2D eigenvalue weighted by molar-refractivity contribution is -0.123. The Kier molecular flexibility index (Phi) is 6.68. The molecule has 1 amide bonds. The molecular weight excluding hydrogens is 250 g/mol. The largest absolute Gasteiger partial charge is 0.351 e. The van der Waals surface area contributed by atoms with Crippen LogP contribution in [0.25, 0.3) is 0 Å². The van der Waals surface area contributed by atoms with Gasteiger partial charge in [-0.2, -0.15) is 0 Å². The molecule has 0 unspecified atom stereocenters. The van der Waals surface area contributed by atoms with Crippen LogP contribution in [0.15, 0.2) is 30.3 Å². The quantitative estimate of drug-likeness (QED) is 0.761. The van der Waals surface area contributed by atoms with E-state index in [9.17, 15) is 4.79 Å². The molecule has 0 saturated heterocycles. The number of nitrogens with two attached hydrogens (primary N) is 1. The van der Waals surface area contributed by atoms with Crippen molar-refractivity contribution in [3.63, 3.8) is 0 Å². The first kappa shape index (κ1) is 16.7. The number of nitrogens with one attached hydrogen (secondary N) is 1. The number of amides is 1. The van der Waals surface area contributed by atoms with Gasteiger partial charge in [-0.25, -0.2) is 0 Å². The highest BCUT2D eigenvalue weighted by Gasteiger charge is 2.26. The van der Waals surface area contributed by atoms with Crippen LogP contribution in [0.2, 0.25) is 0 Å². The second kappa shape index (κ2) is 8.02. The molecule has 1 aromatic rings. The van der Waals surface area contributed by atoms with Gasteiger partial charge in [-0.05, 0) is 32.4 Å². The molecule has 20 heavy (non-hydrogen) atoms. The lowest BCUT2D eigenvalue weighted by Gasteiger charge is -2.37. The SMILES string of the molecule is CCCN(CC(=O)NCc1ccccc1)C(C)(C)CN. The molecule has 4 heteroatoms. The summed E-state index contributed by atoms with van der Waals surface area (Å²) in [4.78, 5) is 14.2. The van der Waals surface area contributed by atoms with Gasteiger partial charge in [0.1, 0.15) is 0 Å². The lowest BCUT2D eigenvalue weighted by Crippen LogP contribution is -2.53. The van der Waals surface area contributed by atoms with E-state index in [0.29, 0.717) is 19.6 Å². The summed E-state index contributed by atoms with van der Waals surface area (Å²) < 4.78 is 0. The maximum atomic E-state index is 12.1. The molecule has 0 aliphatic rings. The zero-order chi connectivity index (χ0) is 15.0. The Labute approximate surface area is 122 Å². The van der Waals surface area contributed by atoms with Crippen LogP contribution >= 0.6 is 0 Å². The first-order valence-corrected chi connectivity index (χ1v) is 7.25. The Hall–Kier alpha value is -1.39. The molecule has 0 atom stereocenters. The predicted molar refractivity (Wildman–Crippen MR) is 83.3 cm³/mol. The van der Waals surface area contributed by atoms with Crippen LogP contribution in [0.3, 0.4) is 0 Å². The Morgan fingerprint density at radius 3 is 2.50 bits per heavy atom. The van der Waals surface area contributed by atoms with E-state index < -0.39 is 0 Å². The minimum atomic E-state index is -0.153. The zero-order valence-electron chi connectivity index (χ0n) is 12.9. The van der Waals surface area contributed by atoms with Crippen molar-refractivity contribution in [2.75, 3.05) is 19.6 Å². The summed E-state index contributed by atoms with van der Waals surface area (Å²) in [5.41, 5.74) is 6.76. The van der Waals surface area contributed by atoms with Gasteiger partial charge in [-0.3, -0.25) is 9.69 Å². The van der Waals surface area contributed by atoms with Gasteiger partial charge >= 0.3 is 0 Å². The lowest BCUT2D eigenvalue weighted by atomic mass is 10.0. The Morgan fingerprint density at radius 2 is 1.95 bits per heavy atom. The Balaban J connectivity index is 2.50. The molecule has 0 aromatic heterocycles. The van der Waals surface area contributed by atoms with Crippen molar-refractivity contribution in [1.29, 1.82) is 0 Å². The molecule has 1 rings (SSSR count). The number of carbonyl (C=O) groups is 1. The number of nitrogens with zero attached hydrogens (tertiary/aromatic N) is 1. The monoisotopic (exact) mass is 277 g/mol.